The molecule has 1 heterocycles. The van der Waals surface area contributed by atoms with Gasteiger partial charge in [-0.05, 0) is 71.6 Å². The van der Waals surface area contributed by atoms with Gasteiger partial charge in [0.1, 0.15) is 0 Å². The van der Waals surface area contributed by atoms with Crippen LogP contribution in [0.2, 0.25) is 0 Å². The number of carbonyl (C=O) groups excluding carboxylic acids is 1. The molecule has 28 heavy (non-hydrogen) atoms. The number of hydrogen-bond acceptors (Lipinski definition) is 5. The van der Waals surface area contributed by atoms with Crippen LogP contribution in [0.25, 0.3) is 0 Å². The normalized spacial score (nSPS) is 11.5. The van der Waals surface area contributed by atoms with Crippen LogP contribution in [-0.2, 0) is 0 Å². The molecular weight excluding hydrogens is 458 g/mol. The predicted molar refractivity (Wildman–Crippen MR) is 121 cm³/mol. The quantitative estimate of drug-likeness (QED) is 0.450. The van der Waals surface area contributed by atoms with Gasteiger partial charge in [0.2, 0.25) is 0 Å². The number of carbonyl (C=O) groups is 1. The molecule has 144 valence electrons. The van der Waals surface area contributed by atoms with Crippen molar-refractivity contribution in [1.29, 1.82) is 0 Å². The monoisotopic (exact) mass is 475 g/mol. The van der Waals surface area contributed by atoms with Gasteiger partial charge in [-0.3, -0.25) is 4.79 Å². The Hall–Kier alpha value is -2.36. The van der Waals surface area contributed by atoms with Crippen LogP contribution in [0.15, 0.2) is 58.4 Å². The number of hydrogen-bond donors (Lipinski definition) is 3. The molecule has 3 rings (SSSR count). The molecule has 0 radical (unpaired) electrons. The number of anilines is 2. The van der Waals surface area contributed by atoms with Crippen LogP contribution in [0, 0.1) is 0 Å². The summed E-state index contributed by atoms with van der Waals surface area (Å²) >= 11 is 9.95. The third-order valence-corrected chi connectivity index (χ3v) is 5.28. The van der Waals surface area contributed by atoms with Crippen LogP contribution in [0.1, 0.15) is 28.9 Å². The van der Waals surface area contributed by atoms with Gasteiger partial charge in [-0.2, -0.15) is 0 Å². The molecule has 3 N–H and O–H groups in total. The van der Waals surface area contributed by atoms with E-state index in [1.807, 2.05) is 24.3 Å². The molecule has 0 aliphatic rings. The number of amides is 1. The fraction of sp³-hybridized carbons (Fsp3) is 0.158. The lowest BCUT2D eigenvalue weighted by molar-refractivity contribution is 0.102. The summed E-state index contributed by atoms with van der Waals surface area (Å²) < 4.78 is 4.75. The van der Waals surface area contributed by atoms with E-state index < -0.39 is 0 Å². The Morgan fingerprint density at radius 1 is 1.11 bits per heavy atom. The zero-order valence-electron chi connectivity index (χ0n) is 15.0. The average Bonchev–Trinajstić information content (AvgIpc) is 3.23. The van der Waals surface area contributed by atoms with Crippen LogP contribution in [-0.4, -0.2) is 27.2 Å². The first-order chi connectivity index (χ1) is 13.5. The van der Waals surface area contributed by atoms with Crippen molar-refractivity contribution in [3.63, 3.8) is 0 Å². The molecule has 1 aromatic heterocycles. The molecule has 0 saturated heterocycles. The van der Waals surface area contributed by atoms with Gasteiger partial charge in [0.25, 0.3) is 5.91 Å². The molecule has 0 saturated carbocycles. The zero-order valence-corrected chi connectivity index (χ0v) is 18.2. The second-order valence-corrected chi connectivity index (χ2v) is 8.04. The number of rotatable bonds is 6. The summed E-state index contributed by atoms with van der Waals surface area (Å²) in [5, 5.41) is 15.1. The van der Waals surface area contributed by atoms with Crippen molar-refractivity contribution in [3.8, 4) is 0 Å². The SMILES string of the molecule is CC(CNC(=S)Nc1ccc(NC(=O)c2csnn2)cc1)c1ccc(Br)cc1. The number of thiocarbonyl (C=S) groups is 1. The number of nitrogens with zero attached hydrogens (tertiary/aromatic N) is 2. The molecule has 0 aliphatic carbocycles. The van der Waals surface area contributed by atoms with E-state index in [0.717, 1.165) is 28.2 Å². The van der Waals surface area contributed by atoms with Crippen LogP contribution in [0.4, 0.5) is 11.4 Å². The summed E-state index contributed by atoms with van der Waals surface area (Å²) in [4.78, 5) is 12.0. The highest BCUT2D eigenvalue weighted by atomic mass is 79.9. The highest BCUT2D eigenvalue weighted by molar-refractivity contribution is 9.10. The number of nitrogens with one attached hydrogen (secondary N) is 3. The Morgan fingerprint density at radius 3 is 2.36 bits per heavy atom. The maximum atomic E-state index is 12.0. The Bertz CT molecular complexity index is 930. The Labute approximate surface area is 181 Å². The summed E-state index contributed by atoms with van der Waals surface area (Å²) in [6.45, 7) is 2.87. The highest BCUT2D eigenvalue weighted by Gasteiger charge is 2.09. The van der Waals surface area contributed by atoms with Crippen molar-refractivity contribution in [2.75, 3.05) is 17.2 Å². The van der Waals surface area contributed by atoms with Gasteiger partial charge in [-0.1, -0.05) is 39.5 Å². The predicted octanol–water partition coefficient (Wildman–Crippen LogP) is 4.64. The largest absolute Gasteiger partial charge is 0.362 e. The Balaban J connectivity index is 1.47. The lowest BCUT2D eigenvalue weighted by Crippen LogP contribution is -2.31. The van der Waals surface area contributed by atoms with Crippen LogP contribution in [0.5, 0.6) is 0 Å². The minimum Gasteiger partial charge on any atom is -0.362 e. The van der Waals surface area contributed by atoms with E-state index in [2.05, 4.69) is 60.5 Å². The van der Waals surface area contributed by atoms with Crippen LogP contribution >= 0.6 is 39.7 Å². The van der Waals surface area contributed by atoms with Gasteiger partial charge in [0.05, 0.1) is 0 Å². The Kier molecular flexibility index (Phi) is 7.07. The second kappa shape index (κ2) is 9.72. The van der Waals surface area contributed by atoms with Gasteiger partial charge in [-0.25, -0.2) is 0 Å². The van der Waals surface area contributed by atoms with Crippen molar-refractivity contribution in [2.45, 2.75) is 12.8 Å². The summed E-state index contributed by atoms with van der Waals surface area (Å²) in [5.41, 5.74) is 3.06. The molecule has 0 spiro atoms. The third kappa shape index (κ3) is 5.82. The highest BCUT2D eigenvalue weighted by Crippen LogP contribution is 2.18. The van der Waals surface area contributed by atoms with Crippen molar-refractivity contribution < 1.29 is 4.79 Å². The lowest BCUT2D eigenvalue weighted by Gasteiger charge is -2.16. The first-order valence-corrected chi connectivity index (χ1v) is 10.5. The van der Waals surface area contributed by atoms with Crippen LogP contribution < -0.4 is 16.0 Å². The van der Waals surface area contributed by atoms with Crippen molar-refractivity contribution in [1.82, 2.24) is 14.9 Å². The summed E-state index contributed by atoms with van der Waals surface area (Å²) in [6, 6.07) is 15.6. The van der Waals surface area contributed by atoms with E-state index in [4.69, 9.17) is 12.2 Å². The molecular formula is C19H18BrN5OS2. The first kappa shape index (κ1) is 20.4. The summed E-state index contributed by atoms with van der Waals surface area (Å²) in [7, 11) is 0. The molecule has 9 heteroatoms. The topological polar surface area (TPSA) is 78.9 Å². The lowest BCUT2D eigenvalue weighted by atomic mass is 10.0. The molecule has 2 aromatic carbocycles. The third-order valence-electron chi connectivity index (χ3n) is 4.00. The fourth-order valence-corrected chi connectivity index (χ4v) is 3.33. The molecule has 1 amide bonds. The fourth-order valence-electron chi connectivity index (χ4n) is 2.43. The molecule has 0 fully saturated rings. The second-order valence-electron chi connectivity index (χ2n) is 6.11. The molecule has 0 bridgehead atoms. The van der Waals surface area contributed by atoms with Gasteiger partial charge in [0.15, 0.2) is 10.8 Å². The minimum atomic E-state index is -0.284. The van der Waals surface area contributed by atoms with Gasteiger partial charge in [0, 0.05) is 27.8 Å². The van der Waals surface area contributed by atoms with E-state index in [1.54, 1.807) is 17.5 Å². The van der Waals surface area contributed by atoms with Crippen molar-refractivity contribution in [2.24, 2.45) is 0 Å². The maximum Gasteiger partial charge on any atom is 0.277 e. The van der Waals surface area contributed by atoms with Crippen molar-refractivity contribution in [3.05, 3.63) is 69.6 Å². The van der Waals surface area contributed by atoms with E-state index in [0.29, 0.717) is 22.4 Å². The van der Waals surface area contributed by atoms with Gasteiger partial charge in [-0.15, -0.1) is 5.10 Å². The zero-order chi connectivity index (χ0) is 19.9. The van der Waals surface area contributed by atoms with Gasteiger partial charge >= 0.3 is 0 Å². The summed E-state index contributed by atoms with van der Waals surface area (Å²) in [6.07, 6.45) is 0. The standard InChI is InChI=1S/C19H18BrN5OS2/c1-12(13-2-4-14(20)5-3-13)10-21-19(27)23-16-8-6-15(7-9-16)22-18(26)17-11-28-25-24-17/h2-9,11-12H,10H2,1H3,(H,22,26)(H2,21,23,27). The number of aromatic nitrogens is 2. The molecule has 3 aromatic rings. The van der Waals surface area contributed by atoms with Gasteiger partial charge < -0.3 is 16.0 Å². The molecule has 1 unspecified atom stereocenters. The minimum absolute atomic E-state index is 0.284. The van der Waals surface area contributed by atoms with E-state index in [-0.39, 0.29) is 5.91 Å². The van der Waals surface area contributed by atoms with E-state index >= 15 is 0 Å². The molecule has 0 aliphatic heterocycles. The van der Waals surface area contributed by atoms with E-state index in [1.165, 1.54) is 5.56 Å². The van der Waals surface area contributed by atoms with Crippen molar-refractivity contribution >= 4 is 62.1 Å². The Morgan fingerprint density at radius 2 is 1.75 bits per heavy atom. The smallest absolute Gasteiger partial charge is 0.277 e. The average molecular weight is 476 g/mol. The van der Waals surface area contributed by atoms with E-state index in [9.17, 15) is 4.79 Å². The number of benzene rings is 2. The summed E-state index contributed by atoms with van der Waals surface area (Å²) in [5.74, 6) is 0.0409. The van der Waals surface area contributed by atoms with Crippen LogP contribution in [0.3, 0.4) is 0 Å². The number of halogens is 1. The maximum absolute atomic E-state index is 12.0. The first-order valence-electron chi connectivity index (χ1n) is 8.50. The molecule has 1 atom stereocenters. The molecule has 6 nitrogen and oxygen atoms in total.